The molecule has 1 aliphatic heterocycles. The molecule has 4 nitrogen and oxygen atoms in total. The highest BCUT2D eigenvalue weighted by molar-refractivity contribution is 7.58. The van der Waals surface area contributed by atoms with Gasteiger partial charge in [0.1, 0.15) is 6.54 Å². The van der Waals surface area contributed by atoms with E-state index in [1.54, 1.807) is 0 Å². The number of hydrogen-bond donors (Lipinski definition) is 1. The van der Waals surface area contributed by atoms with E-state index in [1.807, 2.05) is 0 Å². The van der Waals surface area contributed by atoms with E-state index in [4.69, 9.17) is 4.52 Å². The van der Waals surface area contributed by atoms with Gasteiger partial charge in [-0.2, -0.15) is 0 Å². The number of piperidine rings is 1. The molecule has 1 aliphatic rings. The molecule has 0 saturated carbocycles. The van der Waals surface area contributed by atoms with Crippen molar-refractivity contribution in [3.8, 4) is 0 Å². The normalized spacial score (nSPS) is 18.2. The maximum absolute atomic E-state index is 12.3. The highest BCUT2D eigenvalue weighted by atomic mass is 31.2. The van der Waals surface area contributed by atoms with E-state index in [2.05, 4.69) is 14.0 Å². The summed E-state index contributed by atoms with van der Waals surface area (Å²) in [7, 11) is -1.19. The number of quaternary nitrogens is 1. The SMILES string of the molecule is CCCCCCCCCCCCCCCCCCO[P+]([O-])(O)CC[N+]1(C)CCCCC1. The van der Waals surface area contributed by atoms with Gasteiger partial charge in [0.2, 0.25) is 7.94 Å². The molecule has 0 aromatic heterocycles. The molecule has 0 spiro atoms. The average Bonchev–Trinajstić information content (AvgIpc) is 2.75. The lowest BCUT2D eigenvalue weighted by Crippen LogP contribution is -2.50. The van der Waals surface area contributed by atoms with Crippen LogP contribution in [0, 0.1) is 0 Å². The van der Waals surface area contributed by atoms with Crippen LogP contribution in [-0.4, -0.2) is 48.8 Å². The summed E-state index contributed by atoms with van der Waals surface area (Å²) >= 11 is 0. The van der Waals surface area contributed by atoms with Crippen LogP contribution in [0.3, 0.4) is 0 Å². The van der Waals surface area contributed by atoms with Crippen molar-refractivity contribution in [2.45, 2.75) is 129 Å². The minimum Gasteiger partial charge on any atom is -0.631 e. The van der Waals surface area contributed by atoms with Gasteiger partial charge in [0.15, 0.2) is 6.16 Å². The molecule has 1 atom stereocenters. The Morgan fingerprint density at radius 3 is 1.58 bits per heavy atom. The maximum atomic E-state index is 12.3. The smallest absolute Gasteiger partial charge is 0.239 e. The van der Waals surface area contributed by atoms with Crippen LogP contribution in [0.2, 0.25) is 0 Å². The number of unbranched alkanes of at least 4 members (excludes halogenated alkanes) is 15. The van der Waals surface area contributed by atoms with Crippen LogP contribution in [0.1, 0.15) is 129 Å². The van der Waals surface area contributed by atoms with Crippen LogP contribution in [-0.2, 0) is 4.52 Å². The van der Waals surface area contributed by atoms with Crippen LogP contribution in [0.15, 0.2) is 0 Å². The van der Waals surface area contributed by atoms with Gasteiger partial charge in [-0.05, 0) is 25.7 Å². The molecule has 0 aromatic rings. The number of nitrogens with zero attached hydrogens (tertiary/aromatic N) is 1. The molecule has 1 unspecified atom stereocenters. The van der Waals surface area contributed by atoms with Crippen LogP contribution < -0.4 is 4.89 Å². The first-order valence-corrected chi connectivity index (χ1v) is 15.5. The lowest BCUT2D eigenvalue weighted by Gasteiger charge is -2.38. The molecule has 1 saturated heterocycles. The minimum absolute atomic E-state index is 0.308. The molecular weight excluding hydrogens is 405 g/mol. The van der Waals surface area contributed by atoms with Gasteiger partial charge in [-0.25, -0.2) is 9.42 Å². The predicted octanol–water partition coefficient (Wildman–Crippen LogP) is 7.01. The van der Waals surface area contributed by atoms with E-state index >= 15 is 0 Å². The third-order valence-electron chi connectivity index (χ3n) is 7.11. The second-order valence-electron chi connectivity index (χ2n) is 10.3. The predicted molar refractivity (Wildman–Crippen MR) is 134 cm³/mol. The summed E-state index contributed by atoms with van der Waals surface area (Å²) in [6, 6.07) is 0. The first-order valence-electron chi connectivity index (χ1n) is 13.8. The second-order valence-corrected chi connectivity index (χ2v) is 12.3. The van der Waals surface area contributed by atoms with Crippen LogP contribution >= 0.6 is 7.94 Å². The number of hydrogen-bond acceptors (Lipinski definition) is 3. The van der Waals surface area contributed by atoms with Crippen LogP contribution in [0.25, 0.3) is 0 Å². The Labute approximate surface area is 195 Å². The molecule has 0 radical (unpaired) electrons. The third-order valence-corrected chi connectivity index (χ3v) is 8.46. The minimum atomic E-state index is -3.41. The molecule has 0 aliphatic carbocycles. The molecule has 0 amide bonds. The molecule has 186 valence electrons. The zero-order valence-corrected chi connectivity index (χ0v) is 22.0. The Bertz CT molecular complexity index is 400. The van der Waals surface area contributed by atoms with Crippen molar-refractivity contribution in [1.29, 1.82) is 0 Å². The number of likely N-dealkylation sites (tertiary alicyclic amines) is 1. The molecule has 0 aromatic carbocycles. The van der Waals surface area contributed by atoms with E-state index in [1.165, 1.54) is 109 Å². The van der Waals surface area contributed by atoms with Crippen molar-refractivity contribution in [1.82, 2.24) is 0 Å². The Morgan fingerprint density at radius 1 is 0.710 bits per heavy atom. The maximum Gasteiger partial charge on any atom is 0.239 e. The van der Waals surface area contributed by atoms with Crippen LogP contribution in [0.5, 0.6) is 0 Å². The fourth-order valence-corrected chi connectivity index (χ4v) is 6.07. The van der Waals surface area contributed by atoms with Crippen molar-refractivity contribution in [3.05, 3.63) is 0 Å². The van der Waals surface area contributed by atoms with Gasteiger partial charge >= 0.3 is 0 Å². The Balaban J connectivity index is 1.82. The van der Waals surface area contributed by atoms with Gasteiger partial charge in [-0.1, -0.05) is 103 Å². The fourth-order valence-electron chi connectivity index (χ4n) is 4.79. The van der Waals surface area contributed by atoms with Crippen molar-refractivity contribution in [2.24, 2.45) is 0 Å². The van der Waals surface area contributed by atoms with E-state index in [0.717, 1.165) is 37.0 Å². The van der Waals surface area contributed by atoms with Crippen molar-refractivity contribution < 1.29 is 18.8 Å². The van der Waals surface area contributed by atoms with Gasteiger partial charge < -0.3 is 9.38 Å². The topological polar surface area (TPSA) is 52.5 Å². The van der Waals surface area contributed by atoms with Crippen LogP contribution in [0.4, 0.5) is 0 Å². The summed E-state index contributed by atoms with van der Waals surface area (Å²) in [5, 5.41) is 0. The van der Waals surface area contributed by atoms with Gasteiger partial charge in [0, 0.05) is 0 Å². The van der Waals surface area contributed by atoms with Gasteiger partial charge in [-0.15, -0.1) is 0 Å². The summed E-state index contributed by atoms with van der Waals surface area (Å²) in [5.74, 6) is 0. The molecule has 1 heterocycles. The summed E-state index contributed by atoms with van der Waals surface area (Å²) in [6.07, 6.45) is 25.5. The highest BCUT2D eigenvalue weighted by Crippen LogP contribution is 2.46. The first-order chi connectivity index (χ1) is 15.0. The Kier molecular flexibility index (Phi) is 17.6. The van der Waals surface area contributed by atoms with Crippen molar-refractivity contribution in [3.63, 3.8) is 0 Å². The lowest BCUT2D eigenvalue weighted by molar-refractivity contribution is -0.911. The number of rotatable bonds is 21. The Hall–Kier alpha value is 0.270. The van der Waals surface area contributed by atoms with E-state index in [0.29, 0.717) is 12.8 Å². The van der Waals surface area contributed by atoms with E-state index < -0.39 is 7.94 Å². The third kappa shape index (κ3) is 17.4. The summed E-state index contributed by atoms with van der Waals surface area (Å²) in [6.45, 7) is 5.77. The Morgan fingerprint density at radius 2 is 1.13 bits per heavy atom. The molecule has 1 rings (SSSR count). The van der Waals surface area contributed by atoms with E-state index in [9.17, 15) is 9.79 Å². The second kappa shape index (κ2) is 18.7. The average molecular weight is 461 g/mol. The lowest BCUT2D eigenvalue weighted by atomic mass is 10.0. The summed E-state index contributed by atoms with van der Waals surface area (Å²) in [5.41, 5.74) is 0. The standard InChI is InChI=1S/C26H54NO3P/c1-3-4-5-6-7-8-9-10-11-12-13-14-15-16-17-21-25-30-31(28,29)26-24-27(2)22-19-18-20-23-27/h3-26H2,1-2H3/p+1. The first kappa shape index (κ1) is 29.3. The molecule has 1 N–H and O–H groups in total. The van der Waals surface area contributed by atoms with Crippen molar-refractivity contribution in [2.75, 3.05) is 39.5 Å². The molecule has 31 heavy (non-hydrogen) atoms. The summed E-state index contributed by atoms with van der Waals surface area (Å²) < 4.78 is 6.32. The molecule has 0 bridgehead atoms. The summed E-state index contributed by atoms with van der Waals surface area (Å²) in [4.78, 5) is 22.4. The zero-order valence-electron chi connectivity index (χ0n) is 21.1. The van der Waals surface area contributed by atoms with Gasteiger partial charge in [-0.3, -0.25) is 0 Å². The zero-order chi connectivity index (χ0) is 22.7. The van der Waals surface area contributed by atoms with E-state index in [-0.39, 0.29) is 0 Å². The van der Waals surface area contributed by atoms with Gasteiger partial charge in [0.05, 0.1) is 26.7 Å². The van der Waals surface area contributed by atoms with Gasteiger partial charge in [0.25, 0.3) is 0 Å². The molecule has 5 heteroatoms. The van der Waals surface area contributed by atoms with Crippen molar-refractivity contribution >= 4 is 7.94 Å². The molecular formula is C26H55NO3P+. The highest BCUT2D eigenvalue weighted by Gasteiger charge is 2.32. The quantitative estimate of drug-likeness (QED) is 0.114. The monoisotopic (exact) mass is 460 g/mol. The molecule has 1 fully saturated rings. The fraction of sp³-hybridized carbons (Fsp3) is 1.00. The largest absolute Gasteiger partial charge is 0.631 e.